The van der Waals surface area contributed by atoms with Crippen molar-refractivity contribution in [3.05, 3.63) is 35.9 Å². The fraction of sp³-hybridized carbons (Fsp3) is 0.500. The van der Waals surface area contributed by atoms with E-state index < -0.39 is 11.4 Å². The van der Waals surface area contributed by atoms with Gasteiger partial charge in [0.1, 0.15) is 6.54 Å². The van der Waals surface area contributed by atoms with Gasteiger partial charge in [-0.15, -0.1) is 0 Å². The highest BCUT2D eigenvalue weighted by Crippen LogP contribution is 2.33. The lowest BCUT2D eigenvalue weighted by molar-refractivity contribution is -0.147. The van der Waals surface area contributed by atoms with Crippen molar-refractivity contribution in [1.29, 1.82) is 0 Å². The van der Waals surface area contributed by atoms with E-state index in [4.69, 9.17) is 5.11 Å². The van der Waals surface area contributed by atoms with Crippen LogP contribution in [0, 0.1) is 0 Å². The molecular formula is C16H23NO3. The van der Waals surface area contributed by atoms with Crippen LogP contribution in [0.2, 0.25) is 0 Å². The summed E-state index contributed by atoms with van der Waals surface area (Å²) in [5.74, 6) is -1.08. The molecule has 0 saturated carbocycles. The van der Waals surface area contributed by atoms with Gasteiger partial charge < -0.3 is 10.0 Å². The predicted molar refractivity (Wildman–Crippen MR) is 78.6 cm³/mol. The van der Waals surface area contributed by atoms with Crippen LogP contribution >= 0.6 is 0 Å². The van der Waals surface area contributed by atoms with Gasteiger partial charge in [0.05, 0.1) is 5.41 Å². The molecule has 0 bridgehead atoms. The summed E-state index contributed by atoms with van der Waals surface area (Å²) in [5, 5.41) is 8.95. The van der Waals surface area contributed by atoms with E-state index in [0.717, 1.165) is 5.56 Å². The zero-order valence-corrected chi connectivity index (χ0v) is 12.4. The first-order chi connectivity index (χ1) is 9.51. The monoisotopic (exact) mass is 277 g/mol. The molecule has 20 heavy (non-hydrogen) atoms. The maximum absolute atomic E-state index is 12.9. The van der Waals surface area contributed by atoms with Crippen LogP contribution in [0.15, 0.2) is 30.3 Å². The summed E-state index contributed by atoms with van der Waals surface area (Å²) in [6, 6.07) is 9.63. The second-order valence-corrected chi connectivity index (χ2v) is 4.87. The maximum Gasteiger partial charge on any atom is 0.323 e. The number of rotatable bonds is 7. The Balaban J connectivity index is 3.18. The lowest BCUT2D eigenvalue weighted by Crippen LogP contribution is -2.48. The lowest BCUT2D eigenvalue weighted by Gasteiger charge is -2.35. The number of carboxylic acid groups (broad SMARTS) is 1. The van der Waals surface area contributed by atoms with Crippen molar-refractivity contribution in [3.8, 4) is 0 Å². The molecule has 0 radical (unpaired) electrons. The van der Waals surface area contributed by atoms with Gasteiger partial charge >= 0.3 is 5.97 Å². The minimum atomic E-state index is -0.977. The Bertz CT molecular complexity index is 452. The summed E-state index contributed by atoms with van der Waals surface area (Å²) in [4.78, 5) is 25.2. The van der Waals surface area contributed by atoms with Gasteiger partial charge in [-0.1, -0.05) is 44.2 Å². The van der Waals surface area contributed by atoms with Crippen molar-refractivity contribution in [2.75, 3.05) is 13.1 Å². The Morgan fingerprint density at radius 1 is 1.10 bits per heavy atom. The van der Waals surface area contributed by atoms with E-state index in [0.29, 0.717) is 19.4 Å². The number of likely N-dealkylation sites (N-methyl/N-ethyl adjacent to an activating group) is 1. The number of carbonyl (C=O) groups excluding carboxylic acids is 1. The van der Waals surface area contributed by atoms with Crippen LogP contribution in [0.25, 0.3) is 0 Å². The lowest BCUT2D eigenvalue weighted by atomic mass is 9.74. The topological polar surface area (TPSA) is 57.6 Å². The molecule has 1 rings (SSSR count). The molecule has 1 N–H and O–H groups in total. The second kappa shape index (κ2) is 7.08. The Hall–Kier alpha value is -1.84. The van der Waals surface area contributed by atoms with Gasteiger partial charge in [-0.25, -0.2) is 0 Å². The normalized spacial score (nSPS) is 11.2. The molecule has 0 aliphatic rings. The Morgan fingerprint density at radius 3 is 2.05 bits per heavy atom. The number of carbonyl (C=O) groups is 2. The maximum atomic E-state index is 12.9. The Labute approximate surface area is 120 Å². The van der Waals surface area contributed by atoms with Crippen molar-refractivity contribution in [3.63, 3.8) is 0 Å². The zero-order chi connectivity index (χ0) is 15.2. The van der Waals surface area contributed by atoms with Gasteiger partial charge in [-0.3, -0.25) is 9.59 Å². The van der Waals surface area contributed by atoms with Gasteiger partial charge in [0, 0.05) is 6.54 Å². The SMILES string of the molecule is CCN(CC(=O)O)C(=O)C(CC)(CC)c1ccccc1. The molecule has 0 saturated heterocycles. The van der Waals surface area contributed by atoms with E-state index in [2.05, 4.69) is 0 Å². The zero-order valence-electron chi connectivity index (χ0n) is 12.4. The quantitative estimate of drug-likeness (QED) is 0.833. The standard InChI is InChI=1S/C16H23NO3/c1-4-16(5-2,13-10-8-7-9-11-13)15(20)17(6-3)12-14(18)19/h7-11H,4-6,12H2,1-3H3,(H,18,19). The molecule has 0 atom stereocenters. The van der Waals surface area contributed by atoms with Gasteiger partial charge in [-0.05, 0) is 25.3 Å². The molecule has 0 unspecified atom stereocenters. The first-order valence-corrected chi connectivity index (χ1v) is 7.08. The van der Waals surface area contributed by atoms with E-state index in [-0.39, 0.29) is 12.5 Å². The molecule has 1 aromatic carbocycles. The third-order valence-corrected chi connectivity index (χ3v) is 3.94. The van der Waals surface area contributed by atoms with Crippen molar-refractivity contribution in [2.45, 2.75) is 39.0 Å². The van der Waals surface area contributed by atoms with Crippen LogP contribution in [0.1, 0.15) is 39.2 Å². The van der Waals surface area contributed by atoms with E-state index in [1.54, 1.807) is 0 Å². The molecule has 0 spiro atoms. The minimum absolute atomic E-state index is 0.0985. The first-order valence-electron chi connectivity index (χ1n) is 7.08. The molecule has 0 aromatic heterocycles. The third-order valence-electron chi connectivity index (χ3n) is 3.94. The minimum Gasteiger partial charge on any atom is -0.480 e. The first kappa shape index (κ1) is 16.2. The summed E-state index contributed by atoms with van der Waals surface area (Å²) >= 11 is 0. The fourth-order valence-electron chi connectivity index (χ4n) is 2.63. The Kier molecular flexibility index (Phi) is 5.74. The van der Waals surface area contributed by atoms with E-state index in [9.17, 15) is 9.59 Å². The van der Waals surface area contributed by atoms with Crippen molar-refractivity contribution in [2.24, 2.45) is 0 Å². The highest BCUT2D eigenvalue weighted by Gasteiger charge is 2.39. The average molecular weight is 277 g/mol. The van der Waals surface area contributed by atoms with Crippen LogP contribution in [-0.4, -0.2) is 35.0 Å². The number of hydrogen-bond acceptors (Lipinski definition) is 2. The smallest absolute Gasteiger partial charge is 0.323 e. The molecule has 4 nitrogen and oxygen atoms in total. The van der Waals surface area contributed by atoms with Crippen molar-refractivity contribution in [1.82, 2.24) is 4.90 Å². The summed E-state index contributed by atoms with van der Waals surface area (Å²) in [6.45, 7) is 5.91. The number of benzene rings is 1. The summed E-state index contributed by atoms with van der Waals surface area (Å²) in [5.41, 5.74) is 0.325. The number of aliphatic carboxylic acids is 1. The van der Waals surface area contributed by atoms with E-state index in [1.165, 1.54) is 4.90 Å². The molecule has 0 fully saturated rings. The Morgan fingerprint density at radius 2 is 1.65 bits per heavy atom. The van der Waals surface area contributed by atoms with Gasteiger partial charge in [-0.2, -0.15) is 0 Å². The number of carboxylic acids is 1. The van der Waals surface area contributed by atoms with Crippen LogP contribution in [0.4, 0.5) is 0 Å². The molecule has 110 valence electrons. The second-order valence-electron chi connectivity index (χ2n) is 4.87. The number of nitrogens with zero attached hydrogens (tertiary/aromatic N) is 1. The molecule has 0 aliphatic heterocycles. The summed E-state index contributed by atoms with van der Waals surface area (Å²) in [7, 11) is 0. The predicted octanol–water partition coefficient (Wildman–Crippen LogP) is 2.68. The fourth-order valence-corrected chi connectivity index (χ4v) is 2.63. The number of hydrogen-bond donors (Lipinski definition) is 1. The third kappa shape index (κ3) is 3.18. The van der Waals surface area contributed by atoms with Crippen molar-refractivity contribution < 1.29 is 14.7 Å². The van der Waals surface area contributed by atoms with E-state index in [1.807, 2.05) is 51.1 Å². The highest BCUT2D eigenvalue weighted by atomic mass is 16.4. The number of amides is 1. The molecular weight excluding hydrogens is 254 g/mol. The van der Waals surface area contributed by atoms with E-state index >= 15 is 0 Å². The molecule has 1 amide bonds. The largest absolute Gasteiger partial charge is 0.480 e. The summed E-state index contributed by atoms with van der Waals surface area (Å²) < 4.78 is 0. The highest BCUT2D eigenvalue weighted by molar-refractivity contribution is 5.90. The van der Waals surface area contributed by atoms with Crippen LogP contribution in [-0.2, 0) is 15.0 Å². The molecule has 0 aliphatic carbocycles. The molecule has 0 heterocycles. The molecule has 4 heteroatoms. The van der Waals surface area contributed by atoms with Crippen LogP contribution in [0.3, 0.4) is 0 Å². The van der Waals surface area contributed by atoms with Crippen molar-refractivity contribution >= 4 is 11.9 Å². The van der Waals surface area contributed by atoms with Crippen LogP contribution < -0.4 is 0 Å². The average Bonchev–Trinajstić information content (AvgIpc) is 2.47. The van der Waals surface area contributed by atoms with Gasteiger partial charge in [0.2, 0.25) is 5.91 Å². The van der Waals surface area contributed by atoms with Crippen LogP contribution in [0.5, 0.6) is 0 Å². The summed E-state index contributed by atoms with van der Waals surface area (Å²) in [6.07, 6.45) is 1.31. The van der Waals surface area contributed by atoms with Gasteiger partial charge in [0.15, 0.2) is 0 Å². The van der Waals surface area contributed by atoms with Gasteiger partial charge in [0.25, 0.3) is 0 Å². The molecule has 1 aromatic rings.